The number of benzene rings is 3. The van der Waals surface area contributed by atoms with Gasteiger partial charge in [0.15, 0.2) is 11.6 Å². The largest absolute Gasteiger partial charge is 0.416 e. The Kier molecular flexibility index (Phi) is 9.78. The van der Waals surface area contributed by atoms with Crippen molar-refractivity contribution in [1.29, 1.82) is 0 Å². The van der Waals surface area contributed by atoms with Gasteiger partial charge in [-0.15, -0.1) is 23.2 Å². The summed E-state index contributed by atoms with van der Waals surface area (Å²) < 4.78 is 113. The number of amides is 2. The first-order valence-corrected chi connectivity index (χ1v) is 15.1. The lowest BCUT2D eigenvalue weighted by atomic mass is 10.0. The summed E-state index contributed by atoms with van der Waals surface area (Å²) in [6.07, 6.45) is -10.9. The number of hydrogen-bond donors (Lipinski definition) is 2. The topological polar surface area (TPSA) is 84.5 Å². The lowest BCUT2D eigenvalue weighted by Crippen LogP contribution is -2.28. The van der Waals surface area contributed by atoms with Gasteiger partial charge in [-0.3, -0.25) is 14.4 Å². The maximum Gasteiger partial charge on any atom is 0.416 e. The standard InChI is InChI=1S/C31H21Cl3F8N2O4/c32-19-5-4-17(12-18(19)21(45)10-13-3-6-20(35)26(25(13)36)44-27(46)22-2-1-7-48-22)43-28(47)24-23(29(24,33)34)14-8-15(30(37,38)39)11-16(9-14)31(40,41)42/h3-6,8-9,11-12,22-24H,1-2,7,10H2,(H,43,47)(H,44,46). The fourth-order valence-electron chi connectivity index (χ4n) is 5.37. The molecule has 1 aliphatic carbocycles. The zero-order chi connectivity index (χ0) is 35.3. The number of ether oxygens (including phenoxy) is 1. The smallest absolute Gasteiger partial charge is 0.368 e. The lowest BCUT2D eigenvalue weighted by Gasteiger charge is -2.14. The molecule has 3 unspecified atom stereocenters. The molecule has 1 heterocycles. The van der Waals surface area contributed by atoms with Gasteiger partial charge in [-0.05, 0) is 66.4 Å². The number of hydrogen-bond acceptors (Lipinski definition) is 4. The van der Waals surface area contributed by atoms with Crippen LogP contribution in [0, 0.1) is 17.6 Å². The second-order valence-corrected chi connectivity index (χ2v) is 13.0. The molecule has 0 radical (unpaired) electrons. The van der Waals surface area contributed by atoms with Crippen molar-refractivity contribution in [2.24, 2.45) is 5.92 Å². The molecule has 17 heteroatoms. The van der Waals surface area contributed by atoms with Crippen LogP contribution in [0.1, 0.15) is 51.4 Å². The number of alkyl halides is 8. The number of carbonyl (C=O) groups is 3. The van der Waals surface area contributed by atoms with E-state index in [1.54, 1.807) is 0 Å². The van der Waals surface area contributed by atoms with Crippen LogP contribution in [-0.2, 0) is 33.1 Å². The van der Waals surface area contributed by atoms with Gasteiger partial charge in [0.25, 0.3) is 5.91 Å². The maximum absolute atomic E-state index is 15.2. The molecule has 1 saturated heterocycles. The quantitative estimate of drug-likeness (QED) is 0.137. The minimum Gasteiger partial charge on any atom is -0.368 e. The van der Waals surface area contributed by atoms with E-state index in [1.165, 1.54) is 12.1 Å². The first-order chi connectivity index (χ1) is 22.3. The summed E-state index contributed by atoms with van der Waals surface area (Å²) in [5.74, 6) is -7.82. The van der Waals surface area contributed by atoms with Gasteiger partial charge < -0.3 is 15.4 Å². The Morgan fingerprint density at radius 3 is 2.10 bits per heavy atom. The molecule has 256 valence electrons. The third-order valence-corrected chi connectivity index (χ3v) is 9.10. The summed E-state index contributed by atoms with van der Waals surface area (Å²) in [5.41, 5.74) is -5.19. The molecule has 0 bridgehead atoms. The van der Waals surface area contributed by atoms with Crippen LogP contribution in [-0.4, -0.2) is 34.6 Å². The zero-order valence-electron chi connectivity index (χ0n) is 24.0. The van der Waals surface area contributed by atoms with Crippen molar-refractivity contribution in [3.63, 3.8) is 0 Å². The average molecular weight is 744 g/mol. The molecule has 5 rings (SSSR count). The van der Waals surface area contributed by atoms with Gasteiger partial charge in [-0.2, -0.15) is 26.3 Å². The summed E-state index contributed by atoms with van der Waals surface area (Å²) in [7, 11) is 0. The van der Waals surface area contributed by atoms with Crippen LogP contribution in [0.5, 0.6) is 0 Å². The highest BCUT2D eigenvalue weighted by atomic mass is 35.5. The van der Waals surface area contributed by atoms with E-state index in [2.05, 4.69) is 10.6 Å². The van der Waals surface area contributed by atoms with E-state index < -0.39 is 92.7 Å². The number of anilines is 2. The summed E-state index contributed by atoms with van der Waals surface area (Å²) in [4.78, 5) is 38.6. The third kappa shape index (κ3) is 7.41. The predicted molar refractivity (Wildman–Crippen MR) is 159 cm³/mol. The summed E-state index contributed by atoms with van der Waals surface area (Å²) in [6.45, 7) is 0.316. The van der Waals surface area contributed by atoms with Gasteiger partial charge in [0.05, 0.1) is 22.1 Å². The highest BCUT2D eigenvalue weighted by Gasteiger charge is 2.68. The van der Waals surface area contributed by atoms with E-state index in [0.717, 1.165) is 18.2 Å². The molecule has 3 aromatic rings. The van der Waals surface area contributed by atoms with Gasteiger partial charge >= 0.3 is 12.4 Å². The first kappa shape index (κ1) is 35.8. The van der Waals surface area contributed by atoms with Crippen LogP contribution in [0.25, 0.3) is 0 Å². The number of ketones is 1. The van der Waals surface area contributed by atoms with Crippen molar-refractivity contribution >= 4 is 63.8 Å². The van der Waals surface area contributed by atoms with Gasteiger partial charge in [0, 0.05) is 30.2 Å². The van der Waals surface area contributed by atoms with Crippen molar-refractivity contribution < 1.29 is 54.2 Å². The van der Waals surface area contributed by atoms with Crippen LogP contribution >= 0.6 is 34.8 Å². The SMILES string of the molecule is O=C(Cc1ccc(F)c(NC(=O)C2CCCO2)c1F)c1cc(NC(=O)C2C(c3cc(C(F)(F)F)cc(C(F)(F)F)c3)C2(Cl)Cl)ccc1Cl. The second kappa shape index (κ2) is 13.1. The average Bonchev–Trinajstić information content (AvgIpc) is 3.29. The predicted octanol–water partition coefficient (Wildman–Crippen LogP) is 8.72. The number of nitrogens with one attached hydrogen (secondary N) is 2. The molecule has 0 spiro atoms. The van der Waals surface area contributed by atoms with Crippen molar-refractivity contribution in [1.82, 2.24) is 0 Å². The third-order valence-electron chi connectivity index (χ3n) is 7.83. The van der Waals surface area contributed by atoms with Gasteiger partial charge in [0.2, 0.25) is 5.91 Å². The molecule has 2 N–H and O–H groups in total. The van der Waals surface area contributed by atoms with Crippen LogP contribution in [0.15, 0.2) is 48.5 Å². The van der Waals surface area contributed by atoms with E-state index in [-0.39, 0.29) is 27.9 Å². The molecule has 2 fully saturated rings. The van der Waals surface area contributed by atoms with Crippen molar-refractivity contribution in [2.45, 2.75) is 48.0 Å². The molecule has 3 atom stereocenters. The van der Waals surface area contributed by atoms with Crippen LogP contribution in [0.4, 0.5) is 46.5 Å². The highest BCUT2D eigenvalue weighted by molar-refractivity contribution is 6.53. The van der Waals surface area contributed by atoms with Gasteiger partial charge in [-0.25, -0.2) is 8.78 Å². The van der Waals surface area contributed by atoms with Gasteiger partial charge in [-0.1, -0.05) is 17.7 Å². The minimum atomic E-state index is -5.15. The highest BCUT2D eigenvalue weighted by Crippen LogP contribution is 2.65. The summed E-state index contributed by atoms with van der Waals surface area (Å²) in [6, 6.07) is 6.17. The Morgan fingerprint density at radius 1 is 0.875 bits per heavy atom. The monoisotopic (exact) mass is 742 g/mol. The fourth-order valence-corrected chi connectivity index (χ4v) is 6.42. The van der Waals surface area contributed by atoms with Gasteiger partial charge in [0.1, 0.15) is 21.9 Å². The number of halogens is 11. The van der Waals surface area contributed by atoms with Crippen molar-refractivity contribution in [3.05, 3.63) is 93.0 Å². The Morgan fingerprint density at radius 2 is 1.52 bits per heavy atom. The molecule has 48 heavy (non-hydrogen) atoms. The zero-order valence-corrected chi connectivity index (χ0v) is 26.2. The molecule has 6 nitrogen and oxygen atoms in total. The van der Waals surface area contributed by atoms with Crippen LogP contribution in [0.3, 0.4) is 0 Å². The molecule has 2 aliphatic rings. The summed E-state index contributed by atoms with van der Waals surface area (Å²) in [5, 5.41) is 4.37. The van der Waals surface area contributed by atoms with Crippen molar-refractivity contribution in [2.75, 3.05) is 17.2 Å². The maximum atomic E-state index is 15.2. The Hall–Kier alpha value is -3.46. The number of Topliss-reactive ketones (excluding diaryl/α,β-unsaturated/α-hetero) is 1. The fraction of sp³-hybridized carbons (Fsp3) is 0.323. The Bertz CT molecular complexity index is 1760. The number of rotatable bonds is 8. The Labute approximate surface area is 281 Å². The molecule has 3 aromatic carbocycles. The molecule has 1 aliphatic heterocycles. The van der Waals surface area contributed by atoms with Crippen LogP contribution in [0.2, 0.25) is 5.02 Å². The molecular formula is C31H21Cl3F8N2O4. The first-order valence-electron chi connectivity index (χ1n) is 14.0. The van der Waals surface area contributed by atoms with Crippen LogP contribution < -0.4 is 10.6 Å². The number of carbonyl (C=O) groups excluding carboxylic acids is 3. The molecule has 1 saturated carbocycles. The molecular weight excluding hydrogens is 723 g/mol. The summed E-state index contributed by atoms with van der Waals surface area (Å²) >= 11 is 18.5. The Balaban J connectivity index is 1.34. The van der Waals surface area contributed by atoms with E-state index >= 15 is 4.39 Å². The van der Waals surface area contributed by atoms with E-state index in [4.69, 9.17) is 39.5 Å². The molecule has 0 aromatic heterocycles. The van der Waals surface area contributed by atoms with Crippen molar-refractivity contribution in [3.8, 4) is 0 Å². The lowest BCUT2D eigenvalue weighted by molar-refractivity contribution is -0.143. The van der Waals surface area contributed by atoms with E-state index in [1.807, 2.05) is 0 Å². The molecule has 2 amide bonds. The minimum absolute atomic E-state index is 0.0720. The normalized spacial score (nSPS) is 20.4. The van der Waals surface area contributed by atoms with E-state index in [0.29, 0.717) is 31.6 Å². The second-order valence-electron chi connectivity index (χ2n) is 11.1. The van der Waals surface area contributed by atoms with E-state index in [9.17, 15) is 45.1 Å².